The Morgan fingerprint density at radius 2 is 1.61 bits per heavy atom. The maximum absolute atomic E-state index is 5.68. The molecule has 2 aromatic rings. The highest BCUT2D eigenvalue weighted by molar-refractivity contribution is 6.28. The van der Waals surface area contributed by atoms with Gasteiger partial charge in [0.25, 0.3) is 0 Å². The van der Waals surface area contributed by atoms with Crippen LogP contribution in [0, 0.1) is 0 Å². The van der Waals surface area contributed by atoms with Crippen molar-refractivity contribution in [2.45, 2.75) is 0 Å². The first-order valence-corrected chi connectivity index (χ1v) is 5.48. The van der Waals surface area contributed by atoms with Gasteiger partial charge in [0.1, 0.15) is 17.2 Å². The van der Waals surface area contributed by atoms with Gasteiger partial charge in [-0.25, -0.2) is 4.98 Å². The van der Waals surface area contributed by atoms with Crippen LogP contribution in [0.3, 0.4) is 0 Å². The first-order chi connectivity index (χ1) is 8.71. The molecule has 5 nitrogen and oxygen atoms in total. The summed E-state index contributed by atoms with van der Waals surface area (Å²) >= 11 is 5.68. The van der Waals surface area contributed by atoms with Gasteiger partial charge >= 0.3 is 0 Å². The molecule has 1 aromatic carbocycles. The number of methoxy groups -OCH3 is 2. The summed E-state index contributed by atoms with van der Waals surface area (Å²) in [6.45, 7) is 0. The molecule has 0 saturated carbocycles. The molecular formula is C12H11ClN2O3. The van der Waals surface area contributed by atoms with E-state index in [0.29, 0.717) is 23.1 Å². The molecule has 0 N–H and O–H groups in total. The number of hydrogen-bond acceptors (Lipinski definition) is 5. The Hall–Kier alpha value is -2.01. The smallest absolute Gasteiger partial charge is 0.225 e. The van der Waals surface area contributed by atoms with Crippen molar-refractivity contribution in [3.63, 3.8) is 0 Å². The summed E-state index contributed by atoms with van der Waals surface area (Å²) in [6.07, 6.45) is 1.52. The van der Waals surface area contributed by atoms with Crippen molar-refractivity contribution in [3.8, 4) is 23.1 Å². The largest absolute Gasteiger partial charge is 0.496 e. The fourth-order valence-corrected chi connectivity index (χ4v) is 1.48. The first-order valence-electron chi connectivity index (χ1n) is 5.11. The van der Waals surface area contributed by atoms with Gasteiger partial charge < -0.3 is 14.2 Å². The van der Waals surface area contributed by atoms with Gasteiger partial charge in [-0.15, -0.1) is 0 Å². The third-order valence-corrected chi connectivity index (χ3v) is 2.33. The normalized spacial score (nSPS) is 9.94. The van der Waals surface area contributed by atoms with Crippen LogP contribution in [0.5, 0.6) is 23.1 Å². The monoisotopic (exact) mass is 266 g/mol. The zero-order valence-corrected chi connectivity index (χ0v) is 10.6. The molecule has 0 amide bonds. The average molecular weight is 267 g/mol. The second kappa shape index (κ2) is 5.55. The Morgan fingerprint density at radius 1 is 1.00 bits per heavy atom. The van der Waals surface area contributed by atoms with E-state index in [1.165, 1.54) is 6.20 Å². The number of ether oxygens (including phenoxy) is 3. The Morgan fingerprint density at radius 3 is 2.17 bits per heavy atom. The van der Waals surface area contributed by atoms with E-state index in [4.69, 9.17) is 25.8 Å². The molecule has 1 heterocycles. The van der Waals surface area contributed by atoms with E-state index in [-0.39, 0.29) is 5.28 Å². The molecule has 6 heteroatoms. The second-order valence-corrected chi connectivity index (χ2v) is 3.65. The quantitative estimate of drug-likeness (QED) is 0.797. The maximum Gasteiger partial charge on any atom is 0.225 e. The molecule has 1 aromatic heterocycles. The average Bonchev–Trinajstić information content (AvgIpc) is 2.38. The maximum atomic E-state index is 5.68. The van der Waals surface area contributed by atoms with E-state index >= 15 is 0 Å². The highest BCUT2D eigenvalue weighted by Crippen LogP contribution is 2.30. The van der Waals surface area contributed by atoms with Crippen molar-refractivity contribution in [1.82, 2.24) is 9.97 Å². The summed E-state index contributed by atoms with van der Waals surface area (Å²) in [5, 5.41) is 0.127. The second-order valence-electron chi connectivity index (χ2n) is 3.31. The van der Waals surface area contributed by atoms with Gasteiger partial charge in [-0.2, -0.15) is 4.98 Å². The van der Waals surface area contributed by atoms with E-state index in [1.54, 1.807) is 38.5 Å². The van der Waals surface area contributed by atoms with Gasteiger partial charge in [-0.05, 0) is 11.6 Å². The van der Waals surface area contributed by atoms with Crippen LogP contribution in [0.1, 0.15) is 0 Å². The third kappa shape index (κ3) is 3.01. The summed E-state index contributed by atoms with van der Waals surface area (Å²) in [5.41, 5.74) is 0. The number of rotatable bonds is 4. The lowest BCUT2D eigenvalue weighted by molar-refractivity contribution is 0.385. The molecule has 0 aliphatic rings. The molecule has 0 aliphatic carbocycles. The number of nitrogens with zero attached hydrogens (tertiary/aromatic N) is 2. The minimum absolute atomic E-state index is 0.127. The van der Waals surface area contributed by atoms with Gasteiger partial charge in [-0.3, -0.25) is 0 Å². The molecule has 2 rings (SSSR count). The lowest BCUT2D eigenvalue weighted by atomic mass is 10.3. The van der Waals surface area contributed by atoms with Crippen LogP contribution < -0.4 is 14.2 Å². The summed E-state index contributed by atoms with van der Waals surface area (Å²) < 4.78 is 15.8. The van der Waals surface area contributed by atoms with E-state index in [9.17, 15) is 0 Å². The van der Waals surface area contributed by atoms with Crippen molar-refractivity contribution in [2.24, 2.45) is 0 Å². The third-order valence-electron chi connectivity index (χ3n) is 2.15. The Balaban J connectivity index is 2.28. The molecule has 0 bridgehead atoms. The topological polar surface area (TPSA) is 53.5 Å². The van der Waals surface area contributed by atoms with Crippen LogP contribution >= 0.6 is 11.6 Å². The molecule has 0 atom stereocenters. The van der Waals surface area contributed by atoms with Crippen molar-refractivity contribution in [3.05, 3.63) is 35.7 Å². The van der Waals surface area contributed by atoms with E-state index in [1.807, 2.05) is 0 Å². The summed E-state index contributed by atoms with van der Waals surface area (Å²) in [7, 11) is 3.14. The van der Waals surface area contributed by atoms with Crippen molar-refractivity contribution in [2.75, 3.05) is 14.2 Å². The number of halogens is 1. The molecule has 0 saturated heterocycles. The highest BCUT2D eigenvalue weighted by atomic mass is 35.5. The number of benzene rings is 1. The predicted molar refractivity (Wildman–Crippen MR) is 66.7 cm³/mol. The van der Waals surface area contributed by atoms with Gasteiger partial charge in [-0.1, -0.05) is 0 Å². The zero-order valence-electron chi connectivity index (χ0n) is 9.88. The fourth-order valence-electron chi connectivity index (χ4n) is 1.34. The first kappa shape index (κ1) is 12.4. The Kier molecular flexibility index (Phi) is 3.84. The van der Waals surface area contributed by atoms with Crippen LogP contribution in [0.25, 0.3) is 0 Å². The molecule has 0 unspecified atom stereocenters. The fraction of sp³-hybridized carbons (Fsp3) is 0.167. The summed E-state index contributed by atoms with van der Waals surface area (Å²) in [6, 6.07) is 6.80. The highest BCUT2D eigenvalue weighted by Gasteiger charge is 2.05. The van der Waals surface area contributed by atoms with Crippen molar-refractivity contribution in [1.29, 1.82) is 0 Å². The molecule has 0 aliphatic heterocycles. The summed E-state index contributed by atoms with van der Waals surface area (Å²) in [4.78, 5) is 7.70. The zero-order chi connectivity index (χ0) is 13.0. The minimum atomic E-state index is 0.127. The SMILES string of the molecule is COc1cc(OC)cc(Oc2ccnc(Cl)n2)c1. The number of aromatic nitrogens is 2. The van der Waals surface area contributed by atoms with Gasteiger partial charge in [0.05, 0.1) is 14.2 Å². The molecule has 94 valence electrons. The lowest BCUT2D eigenvalue weighted by Gasteiger charge is -2.09. The van der Waals surface area contributed by atoms with Gasteiger partial charge in [0, 0.05) is 30.5 Å². The lowest BCUT2D eigenvalue weighted by Crippen LogP contribution is -1.92. The molecule has 0 spiro atoms. The Labute approximate surface area is 109 Å². The minimum Gasteiger partial charge on any atom is -0.496 e. The van der Waals surface area contributed by atoms with E-state index in [2.05, 4.69) is 9.97 Å². The van der Waals surface area contributed by atoms with Crippen LogP contribution in [0.15, 0.2) is 30.5 Å². The van der Waals surface area contributed by atoms with Crippen LogP contribution in [-0.4, -0.2) is 24.2 Å². The Bertz CT molecular complexity index is 526. The predicted octanol–water partition coefficient (Wildman–Crippen LogP) is 2.94. The van der Waals surface area contributed by atoms with Crippen molar-refractivity contribution < 1.29 is 14.2 Å². The molecular weight excluding hydrogens is 256 g/mol. The summed E-state index contributed by atoms with van der Waals surface area (Å²) in [5.74, 6) is 2.15. The van der Waals surface area contributed by atoms with E-state index in [0.717, 1.165) is 0 Å². The molecule has 0 radical (unpaired) electrons. The van der Waals surface area contributed by atoms with Crippen LogP contribution in [0.4, 0.5) is 0 Å². The van der Waals surface area contributed by atoms with Gasteiger partial charge in [0.2, 0.25) is 11.2 Å². The molecule has 0 fully saturated rings. The van der Waals surface area contributed by atoms with Crippen molar-refractivity contribution >= 4 is 11.6 Å². The van der Waals surface area contributed by atoms with Gasteiger partial charge in [0.15, 0.2) is 0 Å². The van der Waals surface area contributed by atoms with E-state index < -0.39 is 0 Å². The molecule has 18 heavy (non-hydrogen) atoms. The standard InChI is InChI=1S/C12H11ClN2O3/c1-16-8-5-9(17-2)7-10(6-8)18-11-3-4-14-12(13)15-11/h3-7H,1-2H3. The van der Waals surface area contributed by atoms with Crippen LogP contribution in [-0.2, 0) is 0 Å². The van der Waals surface area contributed by atoms with Crippen LogP contribution in [0.2, 0.25) is 5.28 Å². The number of hydrogen-bond donors (Lipinski definition) is 0.